The average molecular weight is 437 g/mol. The van der Waals surface area contributed by atoms with Crippen molar-refractivity contribution in [3.8, 4) is 0 Å². The van der Waals surface area contributed by atoms with Crippen LogP contribution >= 0.6 is 0 Å². The first-order valence-corrected chi connectivity index (χ1v) is 12.4. The van der Waals surface area contributed by atoms with Gasteiger partial charge in [-0.15, -0.1) is 0 Å². The van der Waals surface area contributed by atoms with Crippen LogP contribution in [0, 0.1) is 0 Å². The molecule has 9 rings (SSSR count). The molecule has 2 heteroatoms. The predicted molar refractivity (Wildman–Crippen MR) is 138 cm³/mol. The summed E-state index contributed by atoms with van der Waals surface area (Å²) in [5.74, 6) is 0.860. The molecule has 0 N–H and O–H groups in total. The SMILES string of the molecule is CC12[C@@H]3c4cccc5cccc(c45)[C@@H]3N([C@H]3c4cccc5cccc(c45)[C@H]31)N2c1ccccc1. The molecule has 0 amide bonds. The molecule has 162 valence electrons. The molecule has 0 spiro atoms. The molecule has 2 aliphatic heterocycles. The molecule has 0 unspecified atom stereocenters. The summed E-state index contributed by atoms with van der Waals surface area (Å²) in [6.45, 7) is 2.55. The first-order valence-electron chi connectivity index (χ1n) is 12.4. The molecule has 4 atom stereocenters. The van der Waals surface area contributed by atoms with Gasteiger partial charge in [-0.2, -0.15) is 0 Å². The summed E-state index contributed by atoms with van der Waals surface area (Å²) in [4.78, 5) is 0. The van der Waals surface area contributed by atoms with Gasteiger partial charge in [0.25, 0.3) is 0 Å². The summed E-state index contributed by atoms with van der Waals surface area (Å²) in [6, 6.07) is 39.6. The Hall–Kier alpha value is -3.62. The van der Waals surface area contributed by atoms with E-state index in [4.69, 9.17) is 0 Å². The fraction of sp³-hybridized carbons (Fsp3) is 0.188. The zero-order chi connectivity index (χ0) is 22.2. The Labute approximate surface area is 199 Å². The van der Waals surface area contributed by atoms with Gasteiger partial charge in [-0.05, 0) is 62.9 Å². The van der Waals surface area contributed by atoms with E-state index in [1.807, 2.05) is 0 Å². The first-order chi connectivity index (χ1) is 16.8. The van der Waals surface area contributed by atoms with E-state index in [2.05, 4.69) is 120 Å². The van der Waals surface area contributed by atoms with E-state index >= 15 is 0 Å². The van der Waals surface area contributed by atoms with Crippen molar-refractivity contribution in [3.05, 3.63) is 125 Å². The van der Waals surface area contributed by atoms with Gasteiger partial charge in [0.15, 0.2) is 0 Å². The number of rotatable bonds is 1. The van der Waals surface area contributed by atoms with Gasteiger partial charge in [0.2, 0.25) is 0 Å². The third-order valence-corrected chi connectivity index (χ3v) is 9.39. The highest BCUT2D eigenvalue weighted by molar-refractivity contribution is 5.96. The second-order valence-corrected chi connectivity index (χ2v) is 10.7. The highest BCUT2D eigenvalue weighted by atomic mass is 15.7. The van der Waals surface area contributed by atoms with E-state index in [1.54, 1.807) is 0 Å². The third kappa shape index (κ3) is 1.75. The number of nitrogens with zero attached hydrogens (tertiary/aromatic N) is 2. The summed E-state index contributed by atoms with van der Waals surface area (Å²) in [7, 11) is 0. The Morgan fingerprint density at radius 2 is 1.00 bits per heavy atom. The van der Waals surface area contributed by atoms with Gasteiger partial charge in [0.05, 0.1) is 23.3 Å². The second-order valence-electron chi connectivity index (χ2n) is 10.7. The van der Waals surface area contributed by atoms with Crippen molar-refractivity contribution in [2.75, 3.05) is 5.01 Å². The van der Waals surface area contributed by atoms with Crippen LogP contribution in [0.2, 0.25) is 0 Å². The molecule has 2 nitrogen and oxygen atoms in total. The maximum absolute atomic E-state index is 2.79. The lowest BCUT2D eigenvalue weighted by Crippen LogP contribution is -2.46. The van der Waals surface area contributed by atoms with Gasteiger partial charge in [-0.25, -0.2) is 5.01 Å². The number of para-hydroxylation sites is 1. The number of hydrogen-bond donors (Lipinski definition) is 0. The van der Waals surface area contributed by atoms with Crippen molar-refractivity contribution in [2.24, 2.45) is 0 Å². The van der Waals surface area contributed by atoms with Gasteiger partial charge >= 0.3 is 0 Å². The molecule has 0 saturated carbocycles. The molecular weight excluding hydrogens is 412 g/mol. The number of piperidine rings is 1. The smallest absolute Gasteiger partial charge is 0.0713 e. The van der Waals surface area contributed by atoms with Crippen molar-refractivity contribution >= 4 is 27.2 Å². The average Bonchev–Trinajstić information content (AvgIpc) is 3.56. The summed E-state index contributed by atoms with van der Waals surface area (Å²) in [5.41, 5.74) is 7.32. The minimum atomic E-state index is -0.0582. The molecule has 34 heavy (non-hydrogen) atoms. The Kier molecular flexibility index (Phi) is 2.99. The molecule has 4 aliphatic rings. The molecular formula is C32H24N2. The Balaban J connectivity index is 1.40. The van der Waals surface area contributed by atoms with Crippen LogP contribution in [0.15, 0.2) is 103 Å². The fourth-order valence-corrected chi connectivity index (χ4v) is 8.48. The summed E-state index contributed by atoms with van der Waals surface area (Å²) >= 11 is 0. The zero-order valence-electron chi connectivity index (χ0n) is 19.0. The molecule has 5 aromatic rings. The van der Waals surface area contributed by atoms with Crippen LogP contribution in [0.3, 0.4) is 0 Å². The highest BCUT2D eigenvalue weighted by Gasteiger charge is 2.72. The summed E-state index contributed by atoms with van der Waals surface area (Å²) in [6.07, 6.45) is 0. The van der Waals surface area contributed by atoms with Crippen LogP contribution < -0.4 is 5.01 Å². The third-order valence-electron chi connectivity index (χ3n) is 9.39. The highest BCUT2D eigenvalue weighted by Crippen LogP contribution is 2.75. The van der Waals surface area contributed by atoms with E-state index in [-0.39, 0.29) is 5.54 Å². The summed E-state index contributed by atoms with van der Waals surface area (Å²) < 4.78 is 0. The maximum Gasteiger partial charge on any atom is 0.0713 e. The Morgan fingerprint density at radius 1 is 0.529 bits per heavy atom. The quantitative estimate of drug-likeness (QED) is 0.269. The van der Waals surface area contributed by atoms with Crippen LogP contribution in [-0.4, -0.2) is 10.5 Å². The minimum Gasteiger partial charge on any atom is -0.297 e. The molecule has 0 radical (unpaired) electrons. The molecule has 2 saturated heterocycles. The number of anilines is 1. The van der Waals surface area contributed by atoms with E-state index < -0.39 is 0 Å². The van der Waals surface area contributed by atoms with Gasteiger partial charge in [0.1, 0.15) is 0 Å². The monoisotopic (exact) mass is 436 g/mol. The van der Waals surface area contributed by atoms with E-state index in [1.165, 1.54) is 49.5 Å². The van der Waals surface area contributed by atoms with E-state index in [9.17, 15) is 0 Å². The normalized spacial score (nSPS) is 31.4. The van der Waals surface area contributed by atoms with Crippen molar-refractivity contribution in [2.45, 2.75) is 36.4 Å². The van der Waals surface area contributed by atoms with E-state index in [0.29, 0.717) is 23.9 Å². The van der Waals surface area contributed by atoms with E-state index in [0.717, 1.165) is 0 Å². The molecule has 0 aromatic heterocycles. The lowest BCUT2D eigenvalue weighted by atomic mass is 9.66. The van der Waals surface area contributed by atoms with Crippen molar-refractivity contribution in [1.29, 1.82) is 0 Å². The van der Waals surface area contributed by atoms with Gasteiger partial charge in [-0.1, -0.05) is 91.0 Å². The standard InChI is InChI=1S/C32H24N2/c1-32-28-22-15-5-9-19-11-7-17-24(26(19)22)30(28)33(34(32)21-13-3-2-4-14-21)31-25-18-8-12-20-10-6-16-23(27(20)25)29(31)32/h2-18,28-31H,1H3/t28-,29-,30+,31+/m1/s1. The van der Waals surface area contributed by atoms with Crippen LogP contribution in [-0.2, 0) is 0 Å². The second kappa shape index (κ2) is 5.71. The maximum atomic E-state index is 2.79. The number of benzene rings is 5. The van der Waals surface area contributed by atoms with Gasteiger partial charge in [0, 0.05) is 11.8 Å². The zero-order valence-corrected chi connectivity index (χ0v) is 19.0. The van der Waals surface area contributed by atoms with Crippen molar-refractivity contribution in [3.63, 3.8) is 0 Å². The summed E-state index contributed by atoms with van der Waals surface area (Å²) in [5, 5.41) is 11.2. The van der Waals surface area contributed by atoms with Gasteiger partial charge < -0.3 is 0 Å². The number of fused-ring (bicyclic) bond motifs is 12. The first kappa shape index (κ1) is 17.8. The number of hydrogen-bond acceptors (Lipinski definition) is 2. The Bertz CT molecular complexity index is 1560. The minimum absolute atomic E-state index is 0.0582. The largest absolute Gasteiger partial charge is 0.297 e. The van der Waals surface area contributed by atoms with Crippen LogP contribution in [0.4, 0.5) is 5.69 Å². The molecule has 2 aliphatic carbocycles. The van der Waals surface area contributed by atoms with Crippen LogP contribution in [0.5, 0.6) is 0 Å². The Morgan fingerprint density at radius 3 is 1.50 bits per heavy atom. The van der Waals surface area contributed by atoms with Crippen LogP contribution in [0.25, 0.3) is 21.5 Å². The molecule has 2 heterocycles. The van der Waals surface area contributed by atoms with Crippen molar-refractivity contribution in [1.82, 2.24) is 5.01 Å². The number of hydrazine groups is 1. The molecule has 2 bridgehead atoms. The van der Waals surface area contributed by atoms with Crippen molar-refractivity contribution < 1.29 is 0 Å². The predicted octanol–water partition coefficient (Wildman–Crippen LogP) is 7.48. The van der Waals surface area contributed by atoms with Gasteiger partial charge in [-0.3, -0.25) is 5.01 Å². The lowest BCUT2D eigenvalue weighted by molar-refractivity contribution is 0.151. The lowest BCUT2D eigenvalue weighted by Gasteiger charge is -2.41. The molecule has 5 aromatic carbocycles. The van der Waals surface area contributed by atoms with Crippen LogP contribution in [0.1, 0.15) is 53.1 Å². The molecule has 2 fully saturated rings. The fourth-order valence-electron chi connectivity index (χ4n) is 8.48. The topological polar surface area (TPSA) is 6.48 Å².